The fourth-order valence-electron chi connectivity index (χ4n) is 1.60. The van der Waals surface area contributed by atoms with Crippen molar-refractivity contribution in [2.24, 2.45) is 0 Å². The Hall–Kier alpha value is -2.60. The number of benzene rings is 2. The minimum Gasteiger partial charge on any atom is -0.348 e. The Kier molecular flexibility index (Phi) is 3.72. The summed E-state index contributed by atoms with van der Waals surface area (Å²) in [6.45, 7) is 7.40. The standard InChI is InChI=1S/C15H12N2O/c1-16-14-9-5-8-13(10-14)15(18)17-11-12-6-3-2-4-7-12/h2-10H,11H2,(H,17,18). The van der Waals surface area contributed by atoms with E-state index in [9.17, 15) is 4.79 Å². The number of carbonyl (C=O) groups excluding carboxylic acids is 1. The van der Waals surface area contributed by atoms with Gasteiger partial charge >= 0.3 is 0 Å². The van der Waals surface area contributed by atoms with Gasteiger partial charge in [0, 0.05) is 12.1 Å². The summed E-state index contributed by atoms with van der Waals surface area (Å²) in [5, 5.41) is 2.82. The highest BCUT2D eigenvalue weighted by molar-refractivity contribution is 5.95. The summed E-state index contributed by atoms with van der Waals surface area (Å²) in [6, 6.07) is 16.4. The van der Waals surface area contributed by atoms with Gasteiger partial charge in [-0.15, -0.1) is 0 Å². The van der Waals surface area contributed by atoms with Gasteiger partial charge in [0.25, 0.3) is 0 Å². The molecule has 3 heteroatoms. The first kappa shape index (κ1) is 11.9. The lowest BCUT2D eigenvalue weighted by Crippen LogP contribution is -2.22. The average molecular weight is 236 g/mol. The van der Waals surface area contributed by atoms with Crippen LogP contribution in [-0.2, 0) is 6.54 Å². The van der Waals surface area contributed by atoms with Crippen molar-refractivity contribution < 1.29 is 4.79 Å². The van der Waals surface area contributed by atoms with Crippen molar-refractivity contribution in [2.45, 2.75) is 6.54 Å². The summed E-state index contributed by atoms with van der Waals surface area (Å²) in [5.41, 5.74) is 2.04. The van der Waals surface area contributed by atoms with Crippen molar-refractivity contribution in [3.63, 3.8) is 0 Å². The molecule has 1 amide bonds. The molecule has 0 bridgehead atoms. The van der Waals surface area contributed by atoms with Crippen LogP contribution in [0, 0.1) is 6.57 Å². The highest BCUT2D eigenvalue weighted by Crippen LogP contribution is 2.13. The summed E-state index contributed by atoms with van der Waals surface area (Å²) in [6.07, 6.45) is 0. The third-order valence-corrected chi connectivity index (χ3v) is 2.53. The van der Waals surface area contributed by atoms with Crippen LogP contribution < -0.4 is 5.32 Å². The monoisotopic (exact) mass is 236 g/mol. The lowest BCUT2D eigenvalue weighted by molar-refractivity contribution is 0.0951. The molecule has 88 valence electrons. The maximum absolute atomic E-state index is 11.9. The first-order valence-electron chi connectivity index (χ1n) is 5.59. The van der Waals surface area contributed by atoms with Gasteiger partial charge in [-0.05, 0) is 11.6 Å². The van der Waals surface area contributed by atoms with E-state index in [1.54, 1.807) is 24.3 Å². The summed E-state index contributed by atoms with van der Waals surface area (Å²) < 4.78 is 0. The Morgan fingerprint density at radius 3 is 2.61 bits per heavy atom. The van der Waals surface area contributed by atoms with Gasteiger partial charge in [0.2, 0.25) is 5.91 Å². The topological polar surface area (TPSA) is 33.5 Å². The smallest absolute Gasteiger partial charge is 0.250 e. The van der Waals surface area contributed by atoms with Crippen LogP contribution in [0.1, 0.15) is 15.9 Å². The number of nitrogens with zero attached hydrogens (tertiary/aromatic N) is 1. The van der Waals surface area contributed by atoms with E-state index < -0.39 is 0 Å². The van der Waals surface area contributed by atoms with Crippen molar-refractivity contribution >= 4 is 11.6 Å². The van der Waals surface area contributed by atoms with E-state index in [4.69, 9.17) is 6.57 Å². The fraction of sp³-hybridized carbons (Fsp3) is 0.0667. The summed E-state index contributed by atoms with van der Waals surface area (Å²) >= 11 is 0. The largest absolute Gasteiger partial charge is 0.348 e. The molecular formula is C15H12N2O. The number of amides is 1. The molecular weight excluding hydrogens is 224 g/mol. The third-order valence-electron chi connectivity index (χ3n) is 2.53. The van der Waals surface area contributed by atoms with Crippen molar-refractivity contribution in [3.8, 4) is 0 Å². The molecule has 2 aromatic rings. The first-order valence-corrected chi connectivity index (χ1v) is 5.59. The van der Waals surface area contributed by atoms with Gasteiger partial charge in [-0.2, -0.15) is 0 Å². The number of carbonyl (C=O) groups is 1. The Labute approximate surface area is 106 Å². The zero-order chi connectivity index (χ0) is 12.8. The van der Waals surface area contributed by atoms with Crippen molar-refractivity contribution in [2.75, 3.05) is 0 Å². The molecule has 3 nitrogen and oxygen atoms in total. The van der Waals surface area contributed by atoms with Gasteiger partial charge in [-0.3, -0.25) is 4.79 Å². The van der Waals surface area contributed by atoms with E-state index in [1.807, 2.05) is 30.3 Å². The highest BCUT2D eigenvalue weighted by atomic mass is 16.1. The number of hydrogen-bond donors (Lipinski definition) is 1. The van der Waals surface area contributed by atoms with Gasteiger partial charge in [-0.25, -0.2) is 4.85 Å². The summed E-state index contributed by atoms with van der Waals surface area (Å²) in [7, 11) is 0. The lowest BCUT2D eigenvalue weighted by atomic mass is 10.2. The SMILES string of the molecule is [C-]#[N+]c1cccc(C(=O)NCc2ccccc2)c1. The zero-order valence-electron chi connectivity index (χ0n) is 9.76. The molecule has 0 heterocycles. The molecule has 0 aliphatic rings. The van der Waals surface area contributed by atoms with E-state index in [0.717, 1.165) is 5.56 Å². The van der Waals surface area contributed by atoms with Gasteiger partial charge in [0.15, 0.2) is 5.69 Å². The van der Waals surface area contributed by atoms with Crippen LogP contribution >= 0.6 is 0 Å². The second-order valence-electron chi connectivity index (χ2n) is 3.83. The molecule has 0 aromatic heterocycles. The maximum Gasteiger partial charge on any atom is 0.250 e. The number of hydrogen-bond acceptors (Lipinski definition) is 1. The van der Waals surface area contributed by atoms with E-state index in [-0.39, 0.29) is 5.91 Å². The molecule has 0 saturated carbocycles. The van der Waals surface area contributed by atoms with Crippen LogP contribution in [0.3, 0.4) is 0 Å². The minimum absolute atomic E-state index is 0.163. The molecule has 0 aliphatic carbocycles. The van der Waals surface area contributed by atoms with Crippen LogP contribution in [-0.4, -0.2) is 5.91 Å². The highest BCUT2D eigenvalue weighted by Gasteiger charge is 2.05. The van der Waals surface area contributed by atoms with Crippen LogP contribution in [0.2, 0.25) is 0 Å². The van der Waals surface area contributed by atoms with Crippen LogP contribution in [0.5, 0.6) is 0 Å². The second kappa shape index (κ2) is 5.65. The molecule has 0 atom stereocenters. The van der Waals surface area contributed by atoms with E-state index in [1.165, 1.54) is 0 Å². The van der Waals surface area contributed by atoms with Gasteiger partial charge < -0.3 is 5.32 Å². The van der Waals surface area contributed by atoms with Crippen molar-refractivity contribution in [1.82, 2.24) is 5.32 Å². The minimum atomic E-state index is -0.163. The lowest BCUT2D eigenvalue weighted by Gasteiger charge is -2.05. The molecule has 0 spiro atoms. The Bertz CT molecular complexity index is 585. The predicted molar refractivity (Wildman–Crippen MR) is 70.3 cm³/mol. The van der Waals surface area contributed by atoms with E-state index >= 15 is 0 Å². The first-order chi connectivity index (χ1) is 8.79. The zero-order valence-corrected chi connectivity index (χ0v) is 9.76. The number of rotatable bonds is 3. The molecule has 2 aromatic carbocycles. The fourth-order valence-corrected chi connectivity index (χ4v) is 1.60. The Morgan fingerprint density at radius 1 is 1.11 bits per heavy atom. The number of nitrogens with one attached hydrogen (secondary N) is 1. The van der Waals surface area contributed by atoms with E-state index in [2.05, 4.69) is 10.2 Å². The summed E-state index contributed by atoms with van der Waals surface area (Å²) in [5.74, 6) is -0.163. The van der Waals surface area contributed by atoms with E-state index in [0.29, 0.717) is 17.8 Å². The van der Waals surface area contributed by atoms with Crippen molar-refractivity contribution in [3.05, 3.63) is 77.1 Å². The van der Waals surface area contributed by atoms with Crippen LogP contribution in [0.25, 0.3) is 4.85 Å². The third kappa shape index (κ3) is 2.96. The van der Waals surface area contributed by atoms with Gasteiger partial charge in [0.1, 0.15) is 0 Å². The molecule has 0 aliphatic heterocycles. The molecule has 2 rings (SSSR count). The van der Waals surface area contributed by atoms with Gasteiger partial charge in [-0.1, -0.05) is 48.5 Å². The molecule has 0 fully saturated rings. The normalized spacial score (nSPS) is 9.50. The molecule has 18 heavy (non-hydrogen) atoms. The molecule has 1 N–H and O–H groups in total. The quantitative estimate of drug-likeness (QED) is 0.816. The second-order valence-corrected chi connectivity index (χ2v) is 3.83. The van der Waals surface area contributed by atoms with Crippen LogP contribution in [0.15, 0.2) is 54.6 Å². The maximum atomic E-state index is 11.9. The van der Waals surface area contributed by atoms with Crippen LogP contribution in [0.4, 0.5) is 5.69 Å². The average Bonchev–Trinajstić information content (AvgIpc) is 2.46. The Balaban J connectivity index is 2.02. The Morgan fingerprint density at radius 2 is 1.89 bits per heavy atom. The summed E-state index contributed by atoms with van der Waals surface area (Å²) in [4.78, 5) is 15.2. The van der Waals surface area contributed by atoms with Crippen molar-refractivity contribution in [1.29, 1.82) is 0 Å². The molecule has 0 unspecified atom stereocenters. The molecule has 0 radical (unpaired) electrons. The predicted octanol–water partition coefficient (Wildman–Crippen LogP) is 3.17. The van der Waals surface area contributed by atoms with Gasteiger partial charge in [0.05, 0.1) is 6.57 Å². The molecule has 0 saturated heterocycles.